The summed E-state index contributed by atoms with van der Waals surface area (Å²) < 4.78 is 34.6. The molecule has 1 aliphatic carbocycles. The van der Waals surface area contributed by atoms with Crippen LogP contribution in [0.4, 0.5) is 10.1 Å². The normalized spacial score (nSPS) is 20.2. The zero-order valence-electron chi connectivity index (χ0n) is 29.0. The zero-order valence-corrected chi connectivity index (χ0v) is 29.8. The highest BCUT2D eigenvalue weighted by molar-refractivity contribution is 6.31. The molecule has 5 aromatic rings. The topological polar surface area (TPSA) is 126 Å². The highest BCUT2D eigenvalue weighted by Crippen LogP contribution is 2.44. The van der Waals surface area contributed by atoms with Gasteiger partial charge >= 0.3 is 5.97 Å². The summed E-state index contributed by atoms with van der Waals surface area (Å²) in [5, 5.41) is 19.7. The van der Waals surface area contributed by atoms with E-state index in [1.54, 1.807) is 37.4 Å². The maximum atomic E-state index is 16.6. The lowest BCUT2D eigenvalue weighted by Crippen LogP contribution is -2.22. The minimum Gasteiger partial charge on any atom is -0.481 e. The van der Waals surface area contributed by atoms with E-state index >= 15 is 4.39 Å². The fraction of sp³-hybridized carbons (Fsp3) is 0.350. The van der Waals surface area contributed by atoms with E-state index in [4.69, 9.17) is 32.1 Å². The fourth-order valence-corrected chi connectivity index (χ4v) is 8.11. The molecule has 0 unspecified atom stereocenters. The van der Waals surface area contributed by atoms with Gasteiger partial charge in [-0.2, -0.15) is 4.98 Å². The van der Waals surface area contributed by atoms with Crippen molar-refractivity contribution < 1.29 is 33.3 Å². The lowest BCUT2D eigenvalue weighted by Gasteiger charge is -2.20. The molecule has 2 aromatic heterocycles. The Bertz CT molecular complexity index is 2270. The van der Waals surface area contributed by atoms with E-state index in [9.17, 15) is 15.0 Å². The number of ether oxygens (including phenoxy) is 2. The van der Waals surface area contributed by atoms with Crippen LogP contribution in [-0.4, -0.2) is 75.3 Å². The maximum absolute atomic E-state index is 16.6. The van der Waals surface area contributed by atoms with Gasteiger partial charge in [0.2, 0.25) is 23.3 Å². The number of carboxylic acid groups (broad SMARTS) is 1. The minimum atomic E-state index is -0.801. The number of aliphatic carboxylic acids is 1. The quantitative estimate of drug-likeness (QED) is 0.140. The molecule has 2 aliphatic heterocycles. The Hall–Kier alpha value is -5.06. The van der Waals surface area contributed by atoms with E-state index in [2.05, 4.69) is 19.7 Å². The number of aliphatic hydroxyl groups excluding tert-OH is 1. The second kappa shape index (κ2) is 14.4. The van der Waals surface area contributed by atoms with Gasteiger partial charge in [0.25, 0.3) is 0 Å². The third-order valence-corrected chi connectivity index (χ3v) is 10.8. The van der Waals surface area contributed by atoms with E-state index < -0.39 is 17.7 Å². The van der Waals surface area contributed by atoms with E-state index in [1.807, 2.05) is 29.2 Å². The minimum absolute atomic E-state index is 0.0707. The molecule has 2 fully saturated rings. The van der Waals surface area contributed by atoms with Crippen LogP contribution in [0.5, 0.6) is 11.8 Å². The molecule has 2 N–H and O–H groups in total. The Morgan fingerprint density at radius 2 is 1.79 bits per heavy atom. The van der Waals surface area contributed by atoms with Gasteiger partial charge in [-0.25, -0.2) is 14.2 Å². The summed E-state index contributed by atoms with van der Waals surface area (Å²) in [6.45, 7) is 11.3. The smallest absolute Gasteiger partial charge is 0.307 e. The Morgan fingerprint density at radius 3 is 2.55 bits per heavy atom. The maximum Gasteiger partial charge on any atom is 0.307 e. The summed E-state index contributed by atoms with van der Waals surface area (Å²) >= 11 is 6.70. The van der Waals surface area contributed by atoms with Crippen LogP contribution < -0.4 is 9.47 Å². The van der Waals surface area contributed by atoms with Crippen molar-refractivity contribution in [3.8, 4) is 34.3 Å². The molecule has 0 saturated carbocycles. The first kappa shape index (κ1) is 35.0. The van der Waals surface area contributed by atoms with Crippen molar-refractivity contribution in [1.82, 2.24) is 19.8 Å². The molecule has 0 bridgehead atoms. The van der Waals surface area contributed by atoms with Gasteiger partial charge in [-0.3, -0.25) is 14.6 Å². The number of methoxy groups -OCH3 is 1. The number of carbonyl (C=O) groups is 1. The number of benzene rings is 3. The van der Waals surface area contributed by atoms with Crippen LogP contribution in [0.15, 0.2) is 59.0 Å². The highest BCUT2D eigenvalue weighted by atomic mass is 35.5. The first-order valence-corrected chi connectivity index (χ1v) is 18.0. The van der Waals surface area contributed by atoms with Crippen molar-refractivity contribution >= 4 is 34.4 Å². The van der Waals surface area contributed by atoms with Gasteiger partial charge in [-0.1, -0.05) is 41.9 Å². The second-order valence-electron chi connectivity index (χ2n) is 14.0. The molecule has 272 valence electrons. The SMILES string of the molecule is [C-]#[N+]c1cc(CN2CC[C@@H](C(=O)O)C2)cc2nc(-c3cccc(-c4cccc5c4CC[C@H]5Oc4nc(OC)c(CN5CC[C@@H](O)C5)cc4Cl)c3F)oc12. The number of halogens is 2. The van der Waals surface area contributed by atoms with E-state index in [0.717, 1.165) is 40.8 Å². The molecule has 4 heterocycles. The largest absolute Gasteiger partial charge is 0.481 e. The molecule has 3 aliphatic rings. The third-order valence-electron chi connectivity index (χ3n) is 10.5. The molecule has 13 heteroatoms. The molecular formula is C40H37ClFN5O6. The van der Waals surface area contributed by atoms with Gasteiger partial charge < -0.3 is 24.1 Å². The number of oxazole rings is 1. The summed E-state index contributed by atoms with van der Waals surface area (Å²) in [6, 6.07) is 16.2. The Labute approximate surface area is 310 Å². The number of pyridine rings is 1. The number of aliphatic hydroxyl groups is 1. The van der Waals surface area contributed by atoms with Crippen LogP contribution in [0, 0.1) is 18.3 Å². The van der Waals surface area contributed by atoms with Crippen molar-refractivity contribution in [1.29, 1.82) is 0 Å². The summed E-state index contributed by atoms with van der Waals surface area (Å²) in [4.78, 5) is 28.5. The molecule has 8 rings (SSSR count). The predicted octanol–water partition coefficient (Wildman–Crippen LogP) is 7.45. The molecule has 11 nitrogen and oxygen atoms in total. The summed E-state index contributed by atoms with van der Waals surface area (Å²) in [6.07, 6.45) is 1.89. The number of fused-ring (bicyclic) bond motifs is 2. The van der Waals surface area contributed by atoms with Crippen LogP contribution in [0.1, 0.15) is 47.6 Å². The highest BCUT2D eigenvalue weighted by Gasteiger charge is 2.31. The van der Waals surface area contributed by atoms with Crippen molar-refractivity contribution in [2.75, 3.05) is 33.3 Å². The fourth-order valence-electron chi connectivity index (χ4n) is 7.89. The predicted molar refractivity (Wildman–Crippen MR) is 196 cm³/mol. The molecule has 3 atom stereocenters. The van der Waals surface area contributed by atoms with Crippen LogP contribution in [0.2, 0.25) is 5.02 Å². The van der Waals surface area contributed by atoms with Crippen LogP contribution in [0.3, 0.4) is 0 Å². The molecule has 0 spiro atoms. The van der Waals surface area contributed by atoms with Gasteiger partial charge in [0.15, 0.2) is 5.58 Å². The number of rotatable bonds is 10. The van der Waals surface area contributed by atoms with Gasteiger partial charge in [0.1, 0.15) is 16.9 Å². The lowest BCUT2D eigenvalue weighted by atomic mass is 9.95. The van der Waals surface area contributed by atoms with E-state index in [1.165, 1.54) is 0 Å². The Kier molecular flexibility index (Phi) is 9.51. The molecule has 0 amide bonds. The molecular weight excluding hydrogens is 701 g/mol. The summed E-state index contributed by atoms with van der Waals surface area (Å²) in [5.41, 5.74) is 5.79. The van der Waals surface area contributed by atoms with Crippen molar-refractivity contribution in [3.63, 3.8) is 0 Å². The zero-order chi connectivity index (χ0) is 36.8. The van der Waals surface area contributed by atoms with Crippen molar-refractivity contribution in [2.45, 2.75) is 51.0 Å². The number of likely N-dealkylation sites (tertiary alicyclic amines) is 2. The van der Waals surface area contributed by atoms with Gasteiger partial charge in [0.05, 0.1) is 36.8 Å². The monoisotopic (exact) mass is 737 g/mol. The molecule has 3 aromatic carbocycles. The number of β-amino-alcohol motifs (C(OH)–C–C–N with tert-alkyl or cyclic N) is 1. The van der Waals surface area contributed by atoms with E-state index in [0.29, 0.717) is 74.0 Å². The average molecular weight is 738 g/mol. The average Bonchev–Trinajstić information content (AvgIpc) is 3.96. The van der Waals surface area contributed by atoms with Crippen molar-refractivity contribution in [3.05, 3.63) is 99.1 Å². The number of aromatic nitrogens is 2. The number of carboxylic acids is 1. The summed E-state index contributed by atoms with van der Waals surface area (Å²) in [7, 11) is 1.55. The third kappa shape index (κ3) is 6.82. The number of nitrogens with zero attached hydrogens (tertiary/aromatic N) is 5. The van der Waals surface area contributed by atoms with Gasteiger partial charge in [-0.15, -0.1) is 0 Å². The van der Waals surface area contributed by atoms with Gasteiger partial charge in [-0.05, 0) is 78.7 Å². The lowest BCUT2D eigenvalue weighted by molar-refractivity contribution is -0.141. The first-order chi connectivity index (χ1) is 25.7. The van der Waals surface area contributed by atoms with Crippen LogP contribution in [-0.2, 0) is 24.3 Å². The molecule has 0 radical (unpaired) electrons. The number of hydrogen-bond donors (Lipinski definition) is 2. The Balaban J connectivity index is 1.05. The molecule has 2 saturated heterocycles. The van der Waals surface area contributed by atoms with Gasteiger partial charge in [0, 0.05) is 43.9 Å². The number of hydrogen-bond acceptors (Lipinski definition) is 9. The Morgan fingerprint density at radius 1 is 1.02 bits per heavy atom. The van der Waals surface area contributed by atoms with Crippen LogP contribution >= 0.6 is 11.6 Å². The summed E-state index contributed by atoms with van der Waals surface area (Å²) in [5.74, 6) is -0.958. The van der Waals surface area contributed by atoms with E-state index in [-0.39, 0.29) is 40.8 Å². The second-order valence-corrected chi connectivity index (χ2v) is 14.4. The first-order valence-electron chi connectivity index (χ1n) is 17.7. The van der Waals surface area contributed by atoms with Crippen molar-refractivity contribution in [2.24, 2.45) is 5.92 Å². The van der Waals surface area contributed by atoms with Crippen LogP contribution in [0.25, 0.3) is 38.5 Å². The molecule has 53 heavy (non-hydrogen) atoms. The standard InChI is InChI=1S/C40H37ClFN5O6/c1-43-32-15-22(18-46-13-11-23(19-46)40(49)50)16-33-36(32)53-38(44-33)30-8-4-7-29(35(30)42)26-5-3-6-28-27(26)9-10-34(28)52-39-31(41)17-24(37(45-39)51-2)20-47-14-12-25(48)21-47/h3-8,15-17,23,25,34,48H,9-14,18-21H2,2H3,(H,49,50)/t23-,25-,34-/m1/s1.